The Labute approximate surface area is 126 Å². The number of carbonyl (C=O) groups is 1. The van der Waals surface area contributed by atoms with E-state index < -0.39 is 14.0 Å². The Bertz CT molecular complexity index is 461. The molecule has 1 heterocycles. The Kier molecular flexibility index (Phi) is 6.93. The Hall–Kier alpha value is -1.32. The summed E-state index contributed by atoms with van der Waals surface area (Å²) in [5.74, 6) is -0.366. The maximum atomic E-state index is 11.8. The summed E-state index contributed by atoms with van der Waals surface area (Å²) in [7, 11) is -0.648. The van der Waals surface area contributed by atoms with Crippen LogP contribution >= 0.6 is 0 Å². The molecular weight excluding hydrogens is 291 g/mol. The van der Waals surface area contributed by atoms with Gasteiger partial charge in [-0.05, 0) is 13.0 Å². The molecule has 1 aromatic heterocycles. The van der Waals surface area contributed by atoms with Crippen molar-refractivity contribution in [3.63, 3.8) is 0 Å². The van der Waals surface area contributed by atoms with Crippen molar-refractivity contribution in [2.45, 2.75) is 39.3 Å². The minimum atomic E-state index is -1.16. The molecule has 7 nitrogen and oxygen atoms in total. The molecule has 9 heteroatoms. The molecule has 0 saturated heterocycles. The monoisotopic (exact) mass is 313 g/mol. The molecule has 0 atom stereocenters. The van der Waals surface area contributed by atoms with Gasteiger partial charge in [-0.3, -0.25) is 4.57 Å². The van der Waals surface area contributed by atoms with Crippen molar-refractivity contribution in [1.29, 1.82) is 0 Å². The zero-order valence-electron chi connectivity index (χ0n) is 13.0. The first-order chi connectivity index (χ1) is 9.87. The van der Waals surface area contributed by atoms with E-state index >= 15 is 0 Å². The topological polar surface area (TPSA) is 82.8 Å². The van der Waals surface area contributed by atoms with Gasteiger partial charge in [0.15, 0.2) is 0 Å². The SMILES string of the molecule is CCOC(=O)c1nc(O[B]O)cn1COCC[Si](C)(C)C. The van der Waals surface area contributed by atoms with Gasteiger partial charge in [0.05, 0.1) is 12.8 Å². The lowest BCUT2D eigenvalue weighted by atomic mass is 10.4. The third-order valence-corrected chi connectivity index (χ3v) is 4.32. The van der Waals surface area contributed by atoms with Crippen molar-refractivity contribution in [3.8, 4) is 5.88 Å². The molecule has 0 amide bonds. The largest absolute Gasteiger partial charge is 0.570 e. The standard InChI is InChI=1S/C12H22BN2O5Si/c1-5-19-12(16)11-14-10(20-13-17)8-15(11)9-18-6-7-21(2,3)4/h8,17H,5-7,9H2,1-4H3. The molecule has 0 unspecified atom stereocenters. The summed E-state index contributed by atoms with van der Waals surface area (Å²) in [6.07, 6.45) is 1.48. The van der Waals surface area contributed by atoms with Crippen LogP contribution in [-0.4, -0.2) is 49.5 Å². The molecule has 117 valence electrons. The molecule has 0 aliphatic carbocycles. The molecule has 1 N–H and O–H groups in total. The van der Waals surface area contributed by atoms with E-state index in [-0.39, 0.29) is 25.0 Å². The first kappa shape index (κ1) is 17.7. The van der Waals surface area contributed by atoms with Gasteiger partial charge in [-0.2, -0.15) is 4.98 Å². The highest BCUT2D eigenvalue weighted by Crippen LogP contribution is 2.13. The molecule has 0 aliphatic heterocycles. The number of aromatic nitrogens is 2. The molecule has 1 rings (SSSR count). The lowest BCUT2D eigenvalue weighted by molar-refractivity contribution is 0.0464. The van der Waals surface area contributed by atoms with Gasteiger partial charge in [0.1, 0.15) is 6.73 Å². The van der Waals surface area contributed by atoms with Crippen molar-refractivity contribution < 1.29 is 23.9 Å². The van der Waals surface area contributed by atoms with Gasteiger partial charge in [-0.1, -0.05) is 19.6 Å². The fraction of sp³-hybridized carbons (Fsp3) is 0.667. The van der Waals surface area contributed by atoms with E-state index in [2.05, 4.69) is 24.6 Å². The molecule has 0 aromatic carbocycles. The smallest absolute Gasteiger partial charge is 0.522 e. The van der Waals surface area contributed by atoms with E-state index in [0.29, 0.717) is 14.3 Å². The summed E-state index contributed by atoms with van der Waals surface area (Å²) in [5.41, 5.74) is 0. The van der Waals surface area contributed by atoms with Crippen molar-refractivity contribution in [2.75, 3.05) is 13.2 Å². The lowest BCUT2D eigenvalue weighted by Crippen LogP contribution is -2.22. The third-order valence-electron chi connectivity index (χ3n) is 2.61. The number of nitrogens with zero attached hydrogens (tertiary/aromatic N) is 2. The summed E-state index contributed by atoms with van der Waals surface area (Å²) < 4.78 is 16.8. The van der Waals surface area contributed by atoms with Gasteiger partial charge < -0.3 is 19.2 Å². The number of hydrogen-bond donors (Lipinski definition) is 1. The van der Waals surface area contributed by atoms with Gasteiger partial charge in [0, 0.05) is 14.7 Å². The van der Waals surface area contributed by atoms with Crippen LogP contribution in [0.3, 0.4) is 0 Å². The van der Waals surface area contributed by atoms with E-state index in [0.717, 1.165) is 6.04 Å². The minimum Gasteiger partial charge on any atom is -0.522 e. The fourth-order valence-corrected chi connectivity index (χ4v) is 2.26. The van der Waals surface area contributed by atoms with Crippen LogP contribution in [-0.2, 0) is 16.2 Å². The first-order valence-corrected chi connectivity index (χ1v) is 10.5. The predicted molar refractivity (Wildman–Crippen MR) is 80.9 cm³/mol. The van der Waals surface area contributed by atoms with Crippen LogP contribution < -0.4 is 4.65 Å². The predicted octanol–water partition coefficient (Wildman–Crippen LogP) is 1.28. The second-order valence-corrected chi connectivity index (χ2v) is 11.3. The minimum absolute atomic E-state index is 0.0849. The number of rotatable bonds is 9. The van der Waals surface area contributed by atoms with E-state index in [9.17, 15) is 4.79 Å². The van der Waals surface area contributed by atoms with Crippen molar-refractivity contribution in [3.05, 3.63) is 12.0 Å². The second kappa shape index (κ2) is 8.20. The van der Waals surface area contributed by atoms with Gasteiger partial charge >= 0.3 is 13.7 Å². The normalized spacial score (nSPS) is 11.3. The van der Waals surface area contributed by atoms with Crippen LogP contribution in [0, 0.1) is 0 Å². The first-order valence-electron chi connectivity index (χ1n) is 6.82. The number of ether oxygens (including phenoxy) is 2. The van der Waals surface area contributed by atoms with Crippen LogP contribution in [0.5, 0.6) is 5.88 Å². The average Bonchev–Trinajstić information content (AvgIpc) is 2.77. The second-order valence-electron chi connectivity index (χ2n) is 5.66. The zero-order valence-corrected chi connectivity index (χ0v) is 14.0. The zero-order chi connectivity index (χ0) is 15.9. The summed E-state index contributed by atoms with van der Waals surface area (Å²) in [5, 5.41) is 8.63. The highest BCUT2D eigenvalue weighted by atomic mass is 28.3. The quantitative estimate of drug-likeness (QED) is 0.420. The fourth-order valence-electron chi connectivity index (χ4n) is 1.50. The van der Waals surface area contributed by atoms with E-state index in [1.54, 1.807) is 6.92 Å². The summed E-state index contributed by atoms with van der Waals surface area (Å²) in [6.45, 7) is 9.57. The molecule has 1 radical (unpaired) electrons. The van der Waals surface area contributed by atoms with Crippen LogP contribution in [0.1, 0.15) is 17.5 Å². The van der Waals surface area contributed by atoms with E-state index in [1.165, 1.54) is 10.8 Å². The summed E-state index contributed by atoms with van der Waals surface area (Å²) in [6, 6.07) is 1.03. The van der Waals surface area contributed by atoms with Crippen molar-refractivity contribution >= 4 is 21.7 Å². The summed E-state index contributed by atoms with van der Waals surface area (Å²) >= 11 is 0. The molecular formula is C12H22BN2O5Si. The molecule has 0 aliphatic rings. The number of hydrogen-bond acceptors (Lipinski definition) is 6. The van der Waals surface area contributed by atoms with Gasteiger partial charge in [-0.25, -0.2) is 4.79 Å². The Morgan fingerprint density at radius 2 is 2.19 bits per heavy atom. The van der Waals surface area contributed by atoms with Gasteiger partial charge in [-0.15, -0.1) is 0 Å². The lowest BCUT2D eigenvalue weighted by Gasteiger charge is -2.15. The molecule has 0 saturated carbocycles. The Morgan fingerprint density at radius 3 is 2.76 bits per heavy atom. The highest BCUT2D eigenvalue weighted by molar-refractivity contribution is 6.76. The summed E-state index contributed by atoms with van der Waals surface area (Å²) in [4.78, 5) is 15.7. The van der Waals surface area contributed by atoms with Crippen molar-refractivity contribution in [2.24, 2.45) is 0 Å². The van der Waals surface area contributed by atoms with Crippen LogP contribution in [0.4, 0.5) is 0 Å². The van der Waals surface area contributed by atoms with Gasteiger partial charge in [0.2, 0.25) is 11.7 Å². The third kappa shape index (κ3) is 6.32. The number of carbonyl (C=O) groups excluding carboxylic acids is 1. The maximum Gasteiger partial charge on any atom is 0.570 e. The van der Waals surface area contributed by atoms with Crippen LogP contribution in [0.15, 0.2) is 6.20 Å². The number of imidazole rings is 1. The van der Waals surface area contributed by atoms with Gasteiger partial charge in [0.25, 0.3) is 0 Å². The number of esters is 1. The maximum absolute atomic E-state index is 11.8. The molecule has 0 bridgehead atoms. The molecule has 0 fully saturated rings. The molecule has 0 spiro atoms. The molecule has 21 heavy (non-hydrogen) atoms. The average molecular weight is 313 g/mol. The Morgan fingerprint density at radius 1 is 1.48 bits per heavy atom. The van der Waals surface area contributed by atoms with Crippen LogP contribution in [0.25, 0.3) is 0 Å². The van der Waals surface area contributed by atoms with E-state index in [1.807, 2.05) is 0 Å². The van der Waals surface area contributed by atoms with E-state index in [4.69, 9.17) is 19.2 Å². The Balaban J connectivity index is 2.67. The van der Waals surface area contributed by atoms with Crippen molar-refractivity contribution in [1.82, 2.24) is 9.55 Å². The molecule has 1 aromatic rings. The van der Waals surface area contributed by atoms with Crippen LogP contribution in [0.2, 0.25) is 25.7 Å². The highest BCUT2D eigenvalue weighted by Gasteiger charge is 2.18.